The van der Waals surface area contributed by atoms with E-state index in [9.17, 15) is 0 Å². The Labute approximate surface area is 139 Å². The van der Waals surface area contributed by atoms with Crippen LogP contribution in [0.4, 0.5) is 0 Å². The van der Waals surface area contributed by atoms with E-state index in [1.165, 1.54) is 38.0 Å². The molecule has 1 aromatic carbocycles. The van der Waals surface area contributed by atoms with Crippen molar-refractivity contribution in [3.8, 4) is 5.75 Å². The van der Waals surface area contributed by atoms with Gasteiger partial charge in [0.2, 0.25) is 0 Å². The van der Waals surface area contributed by atoms with Crippen LogP contribution in [0.1, 0.15) is 30.9 Å². The van der Waals surface area contributed by atoms with E-state index in [0.29, 0.717) is 0 Å². The maximum atomic E-state index is 5.83. The Morgan fingerprint density at radius 2 is 1.95 bits per heavy atom. The van der Waals surface area contributed by atoms with Crippen LogP contribution < -0.4 is 10.1 Å². The van der Waals surface area contributed by atoms with Crippen LogP contribution in [0.15, 0.2) is 24.3 Å². The van der Waals surface area contributed by atoms with E-state index in [1.807, 2.05) is 0 Å². The Bertz CT molecular complexity index is 415. The Morgan fingerprint density at radius 3 is 2.64 bits per heavy atom. The minimum absolute atomic E-state index is 0. The van der Waals surface area contributed by atoms with Crippen molar-refractivity contribution in [2.75, 3.05) is 45.9 Å². The number of nitrogens with one attached hydrogen (secondary N) is 1. The van der Waals surface area contributed by atoms with E-state index in [2.05, 4.69) is 34.5 Å². The normalized spacial score (nSPS) is 22.3. The van der Waals surface area contributed by atoms with Gasteiger partial charge in [-0.05, 0) is 50.0 Å². The first-order valence-electron chi connectivity index (χ1n) is 8.19. The number of ether oxygens (including phenoxy) is 2. The predicted molar refractivity (Wildman–Crippen MR) is 91.0 cm³/mol. The quantitative estimate of drug-likeness (QED) is 0.815. The molecule has 0 bridgehead atoms. The fourth-order valence-electron chi connectivity index (χ4n) is 3.04. The topological polar surface area (TPSA) is 33.7 Å². The van der Waals surface area contributed by atoms with Gasteiger partial charge in [-0.1, -0.05) is 12.1 Å². The van der Waals surface area contributed by atoms with Gasteiger partial charge in [0.25, 0.3) is 0 Å². The molecular weight excluding hydrogens is 300 g/mol. The maximum absolute atomic E-state index is 5.83. The van der Waals surface area contributed by atoms with Crippen LogP contribution in [0.25, 0.3) is 0 Å². The third-order valence-corrected chi connectivity index (χ3v) is 4.27. The molecule has 2 fully saturated rings. The second kappa shape index (κ2) is 9.36. The fraction of sp³-hybridized carbons (Fsp3) is 0.647. The van der Waals surface area contributed by atoms with Gasteiger partial charge in [-0.25, -0.2) is 0 Å². The number of likely N-dealkylation sites (tertiary alicyclic amines) is 1. The number of halogens is 1. The number of hydrogen-bond donors (Lipinski definition) is 1. The highest BCUT2D eigenvalue weighted by molar-refractivity contribution is 5.85. The molecule has 2 aliphatic heterocycles. The van der Waals surface area contributed by atoms with Gasteiger partial charge in [0.15, 0.2) is 0 Å². The van der Waals surface area contributed by atoms with Crippen molar-refractivity contribution in [2.45, 2.75) is 25.4 Å². The van der Waals surface area contributed by atoms with Crippen molar-refractivity contribution in [1.82, 2.24) is 10.2 Å². The Hall–Kier alpha value is -0.810. The van der Waals surface area contributed by atoms with Crippen LogP contribution in [-0.4, -0.2) is 50.8 Å². The Morgan fingerprint density at radius 1 is 1.18 bits per heavy atom. The van der Waals surface area contributed by atoms with Crippen LogP contribution in [0, 0.1) is 0 Å². The zero-order valence-electron chi connectivity index (χ0n) is 13.1. The maximum Gasteiger partial charge on any atom is 0.119 e. The van der Waals surface area contributed by atoms with E-state index in [0.717, 1.165) is 38.5 Å². The van der Waals surface area contributed by atoms with Gasteiger partial charge in [-0.2, -0.15) is 0 Å². The van der Waals surface area contributed by atoms with E-state index < -0.39 is 0 Å². The van der Waals surface area contributed by atoms with Gasteiger partial charge >= 0.3 is 0 Å². The largest absolute Gasteiger partial charge is 0.494 e. The zero-order chi connectivity index (χ0) is 14.3. The Kier molecular flexibility index (Phi) is 7.46. The van der Waals surface area contributed by atoms with Crippen LogP contribution in [0.2, 0.25) is 0 Å². The first kappa shape index (κ1) is 17.5. The summed E-state index contributed by atoms with van der Waals surface area (Å²) < 4.78 is 11.6. The van der Waals surface area contributed by atoms with Gasteiger partial charge < -0.3 is 19.7 Å². The third kappa shape index (κ3) is 5.13. The van der Waals surface area contributed by atoms with E-state index in [1.54, 1.807) is 0 Å². The molecule has 2 aliphatic rings. The molecule has 0 unspecified atom stereocenters. The summed E-state index contributed by atoms with van der Waals surface area (Å²) in [5.74, 6) is 0.962. The fourth-order valence-corrected chi connectivity index (χ4v) is 3.04. The van der Waals surface area contributed by atoms with Crippen LogP contribution in [0.5, 0.6) is 5.75 Å². The highest BCUT2D eigenvalue weighted by Crippen LogP contribution is 2.21. The lowest BCUT2D eigenvalue weighted by Crippen LogP contribution is -2.33. The van der Waals surface area contributed by atoms with Gasteiger partial charge in [-0.15, -0.1) is 12.4 Å². The molecule has 0 amide bonds. The molecule has 1 atom stereocenters. The molecule has 0 spiro atoms. The van der Waals surface area contributed by atoms with Gasteiger partial charge in [0.1, 0.15) is 5.75 Å². The lowest BCUT2D eigenvalue weighted by atomic mass is 10.1. The minimum Gasteiger partial charge on any atom is -0.494 e. The molecule has 1 aromatic rings. The summed E-state index contributed by atoms with van der Waals surface area (Å²) in [7, 11) is 0. The van der Waals surface area contributed by atoms with Crippen LogP contribution in [0.3, 0.4) is 0 Å². The molecule has 0 aliphatic carbocycles. The lowest BCUT2D eigenvalue weighted by Gasteiger charge is -2.24. The van der Waals surface area contributed by atoms with E-state index >= 15 is 0 Å². The lowest BCUT2D eigenvalue weighted by molar-refractivity contribution is 0.0277. The van der Waals surface area contributed by atoms with Gasteiger partial charge in [0, 0.05) is 19.6 Å². The number of morpholine rings is 1. The average molecular weight is 327 g/mol. The second-order valence-electron chi connectivity index (χ2n) is 5.88. The zero-order valence-corrected chi connectivity index (χ0v) is 13.9. The molecule has 5 heteroatoms. The number of benzene rings is 1. The summed E-state index contributed by atoms with van der Waals surface area (Å²) in [6.45, 7) is 7.15. The molecule has 22 heavy (non-hydrogen) atoms. The van der Waals surface area contributed by atoms with Crippen molar-refractivity contribution >= 4 is 12.4 Å². The van der Waals surface area contributed by atoms with Gasteiger partial charge in [-0.3, -0.25) is 0 Å². The van der Waals surface area contributed by atoms with Crippen LogP contribution in [-0.2, 0) is 4.74 Å². The van der Waals surface area contributed by atoms with Crippen molar-refractivity contribution in [1.29, 1.82) is 0 Å². The van der Waals surface area contributed by atoms with Crippen LogP contribution >= 0.6 is 12.4 Å². The average Bonchev–Trinajstić information content (AvgIpc) is 3.06. The van der Waals surface area contributed by atoms with Crippen molar-refractivity contribution in [3.05, 3.63) is 29.8 Å². The molecule has 2 saturated heterocycles. The SMILES string of the molecule is Cl.c1cc([C@H]2CNCCO2)ccc1OCCCN1CCCC1. The molecule has 0 radical (unpaired) electrons. The number of rotatable bonds is 6. The second-order valence-corrected chi connectivity index (χ2v) is 5.88. The first-order chi connectivity index (χ1) is 10.4. The molecule has 0 saturated carbocycles. The minimum atomic E-state index is 0. The van der Waals surface area contributed by atoms with Crippen molar-refractivity contribution in [3.63, 3.8) is 0 Å². The Balaban J connectivity index is 0.00000176. The molecule has 124 valence electrons. The number of hydrogen-bond acceptors (Lipinski definition) is 4. The standard InChI is InChI=1S/C17H26N2O2.ClH/c1-2-10-19(9-1)11-3-12-20-16-6-4-15(5-7-16)17-14-18-8-13-21-17;/h4-7,17-18H,1-3,8-14H2;1H/t17-;/m1./s1. The van der Waals surface area contributed by atoms with E-state index in [-0.39, 0.29) is 18.5 Å². The molecular formula is C17H27ClN2O2. The summed E-state index contributed by atoms with van der Waals surface area (Å²) in [5, 5.41) is 3.36. The molecule has 0 aromatic heterocycles. The molecule has 3 rings (SSSR count). The number of nitrogens with zero attached hydrogens (tertiary/aromatic N) is 1. The third-order valence-electron chi connectivity index (χ3n) is 4.27. The monoisotopic (exact) mass is 326 g/mol. The van der Waals surface area contributed by atoms with Gasteiger partial charge in [0.05, 0.1) is 19.3 Å². The summed E-state index contributed by atoms with van der Waals surface area (Å²) in [4.78, 5) is 2.53. The highest BCUT2D eigenvalue weighted by atomic mass is 35.5. The first-order valence-corrected chi connectivity index (χ1v) is 8.19. The van der Waals surface area contributed by atoms with E-state index in [4.69, 9.17) is 9.47 Å². The van der Waals surface area contributed by atoms with Crippen molar-refractivity contribution in [2.24, 2.45) is 0 Å². The van der Waals surface area contributed by atoms with Crippen molar-refractivity contribution < 1.29 is 9.47 Å². The molecule has 4 nitrogen and oxygen atoms in total. The smallest absolute Gasteiger partial charge is 0.119 e. The highest BCUT2D eigenvalue weighted by Gasteiger charge is 2.15. The summed E-state index contributed by atoms with van der Waals surface area (Å²) in [6.07, 6.45) is 4.01. The summed E-state index contributed by atoms with van der Waals surface area (Å²) in [6, 6.07) is 8.35. The molecule has 1 N–H and O–H groups in total. The summed E-state index contributed by atoms with van der Waals surface area (Å²) in [5.41, 5.74) is 1.23. The summed E-state index contributed by atoms with van der Waals surface area (Å²) >= 11 is 0. The predicted octanol–water partition coefficient (Wildman–Crippen LogP) is 2.63. The molecule has 2 heterocycles.